The number of hydrogen-bond donors (Lipinski definition) is 1. The molecule has 0 saturated carbocycles. The summed E-state index contributed by atoms with van der Waals surface area (Å²) in [6, 6.07) is 13.0. The van der Waals surface area contributed by atoms with E-state index in [1.807, 2.05) is 23.1 Å². The van der Waals surface area contributed by atoms with Gasteiger partial charge in [-0.25, -0.2) is 4.39 Å². The molecule has 0 radical (unpaired) electrons. The number of anilines is 1. The molecule has 2 N–H and O–H groups in total. The molecule has 2 aliphatic rings. The number of methoxy groups -OCH3 is 1. The van der Waals surface area contributed by atoms with Gasteiger partial charge in [0.25, 0.3) is 0 Å². The molecule has 1 aliphatic heterocycles. The maximum Gasteiger partial charge on any atom is 0.395 e. The molecule has 0 aromatic heterocycles. The summed E-state index contributed by atoms with van der Waals surface area (Å²) in [5.74, 6) is 0.567. The number of nitrogens with zero attached hydrogens (tertiary/aromatic N) is 1. The molecule has 1 saturated heterocycles. The minimum absolute atomic E-state index is 0.0642. The van der Waals surface area contributed by atoms with Crippen LogP contribution in [0.4, 0.5) is 23.2 Å². The number of allylic oxidation sites excluding steroid dienone is 2. The Bertz CT molecular complexity index is 1240. The summed E-state index contributed by atoms with van der Waals surface area (Å²) in [6.45, 7) is 8.45. The van der Waals surface area contributed by atoms with Crippen molar-refractivity contribution in [3.05, 3.63) is 65.5 Å². The van der Waals surface area contributed by atoms with E-state index in [1.165, 1.54) is 25.5 Å². The van der Waals surface area contributed by atoms with Crippen molar-refractivity contribution in [1.29, 1.82) is 0 Å². The van der Waals surface area contributed by atoms with Crippen molar-refractivity contribution in [3.8, 4) is 5.75 Å². The first-order valence-corrected chi connectivity index (χ1v) is 15.0. The molecule has 0 amide bonds. The monoisotopic (exact) mass is 590 g/mol. The molecular formula is C34H46F4N2O2. The molecule has 1 fully saturated rings. The summed E-state index contributed by atoms with van der Waals surface area (Å²) in [5, 5.41) is 0. The molecule has 1 unspecified atom stereocenters. The lowest BCUT2D eigenvalue weighted by Crippen LogP contribution is -2.48. The van der Waals surface area contributed by atoms with Crippen LogP contribution in [0.3, 0.4) is 0 Å². The van der Waals surface area contributed by atoms with Crippen LogP contribution in [0.1, 0.15) is 77.3 Å². The number of nitrogen functional groups attached to an aromatic ring is 1. The lowest BCUT2D eigenvalue weighted by atomic mass is 9.67. The van der Waals surface area contributed by atoms with E-state index in [2.05, 4.69) is 32.1 Å². The smallest absolute Gasteiger partial charge is 0.395 e. The van der Waals surface area contributed by atoms with Gasteiger partial charge in [-0.1, -0.05) is 24.3 Å². The fraction of sp³-hybridized carbons (Fsp3) is 0.588. The highest BCUT2D eigenvalue weighted by Gasteiger charge is 2.49. The SMILES string of the molecule is COc1ccc([C@]2(CCN(CC3CC=C(c4ccc(N)c(F)c4)CC3)CC(C)(C)C(F)(F)F)CCOC(C)(C)C2)cc1. The van der Waals surface area contributed by atoms with Crippen LogP contribution in [0.25, 0.3) is 5.57 Å². The average Bonchev–Trinajstić information content (AvgIpc) is 2.92. The minimum atomic E-state index is -4.31. The van der Waals surface area contributed by atoms with E-state index in [-0.39, 0.29) is 29.2 Å². The van der Waals surface area contributed by atoms with Crippen molar-refractivity contribution in [3.63, 3.8) is 0 Å². The van der Waals surface area contributed by atoms with Gasteiger partial charge in [-0.2, -0.15) is 13.2 Å². The summed E-state index contributed by atoms with van der Waals surface area (Å²) in [5.41, 5.74) is 6.43. The molecule has 1 aliphatic carbocycles. The van der Waals surface area contributed by atoms with E-state index in [0.717, 1.165) is 55.4 Å². The second-order valence-electron chi connectivity index (χ2n) is 13.5. The number of hydrogen-bond acceptors (Lipinski definition) is 4. The topological polar surface area (TPSA) is 47.7 Å². The van der Waals surface area contributed by atoms with Gasteiger partial charge in [0.15, 0.2) is 0 Å². The number of nitrogens with two attached hydrogens (primary N) is 1. The van der Waals surface area contributed by atoms with Crippen LogP contribution < -0.4 is 10.5 Å². The zero-order valence-corrected chi connectivity index (χ0v) is 25.6. The normalized spacial score (nSPS) is 23.1. The minimum Gasteiger partial charge on any atom is -0.497 e. The second-order valence-corrected chi connectivity index (χ2v) is 13.5. The van der Waals surface area contributed by atoms with Crippen molar-refractivity contribution < 1.29 is 27.0 Å². The number of alkyl halides is 3. The Morgan fingerprint density at radius 1 is 1.10 bits per heavy atom. The molecule has 232 valence electrons. The van der Waals surface area contributed by atoms with Crippen LogP contribution in [0, 0.1) is 17.2 Å². The van der Waals surface area contributed by atoms with Crippen molar-refractivity contribution in [2.24, 2.45) is 11.3 Å². The molecular weight excluding hydrogens is 544 g/mol. The third-order valence-electron chi connectivity index (χ3n) is 9.24. The van der Waals surface area contributed by atoms with Gasteiger partial charge in [0.1, 0.15) is 11.6 Å². The maximum absolute atomic E-state index is 14.1. The van der Waals surface area contributed by atoms with Gasteiger partial charge in [-0.3, -0.25) is 0 Å². The van der Waals surface area contributed by atoms with Crippen LogP contribution >= 0.6 is 0 Å². The summed E-state index contributed by atoms with van der Waals surface area (Å²) in [7, 11) is 1.64. The van der Waals surface area contributed by atoms with E-state index in [4.69, 9.17) is 15.2 Å². The highest BCUT2D eigenvalue weighted by molar-refractivity contribution is 5.67. The molecule has 8 heteroatoms. The van der Waals surface area contributed by atoms with Crippen LogP contribution in [0.2, 0.25) is 0 Å². The van der Waals surface area contributed by atoms with E-state index < -0.39 is 17.4 Å². The Balaban J connectivity index is 1.54. The van der Waals surface area contributed by atoms with Crippen molar-refractivity contribution >= 4 is 11.3 Å². The first-order chi connectivity index (χ1) is 19.6. The molecule has 4 nitrogen and oxygen atoms in total. The quantitative estimate of drug-likeness (QED) is 0.223. The Morgan fingerprint density at radius 3 is 2.38 bits per heavy atom. The third kappa shape index (κ3) is 7.67. The largest absolute Gasteiger partial charge is 0.497 e. The molecule has 2 aromatic carbocycles. The van der Waals surface area contributed by atoms with Gasteiger partial charge in [-0.05, 0) is 120 Å². The highest BCUT2D eigenvalue weighted by Crippen LogP contribution is 2.45. The third-order valence-corrected chi connectivity index (χ3v) is 9.24. The zero-order chi connectivity index (χ0) is 30.8. The molecule has 2 aromatic rings. The predicted octanol–water partition coefficient (Wildman–Crippen LogP) is 8.41. The number of halogens is 4. The Kier molecular flexibility index (Phi) is 9.68. The first-order valence-electron chi connectivity index (χ1n) is 15.0. The van der Waals surface area contributed by atoms with E-state index in [1.54, 1.807) is 13.2 Å². The van der Waals surface area contributed by atoms with E-state index >= 15 is 0 Å². The molecule has 0 bridgehead atoms. The summed E-state index contributed by atoms with van der Waals surface area (Å²) in [6.07, 6.45) is 2.48. The summed E-state index contributed by atoms with van der Waals surface area (Å²) in [4.78, 5) is 2.04. The van der Waals surface area contributed by atoms with Crippen molar-refractivity contribution in [2.45, 2.75) is 83.4 Å². The van der Waals surface area contributed by atoms with Gasteiger partial charge in [0.2, 0.25) is 0 Å². The number of ether oxygens (including phenoxy) is 2. The fourth-order valence-corrected chi connectivity index (χ4v) is 6.69. The molecule has 2 atom stereocenters. The van der Waals surface area contributed by atoms with Crippen LogP contribution in [0.15, 0.2) is 48.5 Å². The maximum atomic E-state index is 14.1. The van der Waals surface area contributed by atoms with Crippen molar-refractivity contribution in [1.82, 2.24) is 4.90 Å². The molecule has 0 spiro atoms. The van der Waals surface area contributed by atoms with Crippen LogP contribution in [0.5, 0.6) is 5.75 Å². The lowest BCUT2D eigenvalue weighted by molar-refractivity contribution is -0.217. The Labute approximate surface area is 248 Å². The summed E-state index contributed by atoms with van der Waals surface area (Å²) < 4.78 is 67.7. The van der Waals surface area contributed by atoms with Gasteiger partial charge >= 0.3 is 6.18 Å². The Hall–Kier alpha value is -2.58. The number of rotatable bonds is 10. The van der Waals surface area contributed by atoms with Crippen molar-refractivity contribution in [2.75, 3.05) is 39.1 Å². The van der Waals surface area contributed by atoms with Gasteiger partial charge in [-0.15, -0.1) is 0 Å². The van der Waals surface area contributed by atoms with Gasteiger partial charge in [0, 0.05) is 25.1 Å². The second kappa shape index (κ2) is 12.6. The van der Waals surface area contributed by atoms with E-state index in [0.29, 0.717) is 19.7 Å². The summed E-state index contributed by atoms with van der Waals surface area (Å²) >= 11 is 0. The number of benzene rings is 2. The van der Waals surface area contributed by atoms with Crippen LogP contribution in [-0.4, -0.2) is 50.0 Å². The standard InChI is InChI=1S/C34H46F4N2O2/c1-31(2,34(36,37)38)23-40(21-24-6-8-25(9-7-24)26-10-15-30(39)29(35)20-26)18-16-33(17-19-42-32(3,4)22-33)27-11-13-28(41-5)14-12-27/h8,10-15,20,24H,6-7,9,16-19,21-23,39H2,1-5H3/t24?,33-/m1/s1. The van der Waals surface area contributed by atoms with Gasteiger partial charge < -0.3 is 20.1 Å². The first kappa shape index (κ1) is 32.3. The Morgan fingerprint density at radius 2 is 1.81 bits per heavy atom. The van der Waals surface area contributed by atoms with E-state index in [9.17, 15) is 17.6 Å². The fourth-order valence-electron chi connectivity index (χ4n) is 6.69. The lowest BCUT2D eigenvalue weighted by Gasteiger charge is -2.47. The zero-order valence-electron chi connectivity index (χ0n) is 25.6. The predicted molar refractivity (Wildman–Crippen MR) is 161 cm³/mol. The van der Waals surface area contributed by atoms with Gasteiger partial charge in [0.05, 0.1) is 23.8 Å². The average molecular weight is 591 g/mol. The molecule has 42 heavy (non-hydrogen) atoms. The highest BCUT2D eigenvalue weighted by atomic mass is 19.4. The molecule has 4 rings (SSSR count). The van der Waals surface area contributed by atoms with Crippen LogP contribution in [-0.2, 0) is 10.2 Å². The molecule has 1 heterocycles.